The van der Waals surface area contributed by atoms with Crippen LogP contribution in [0.5, 0.6) is 0 Å². The van der Waals surface area contributed by atoms with Crippen molar-refractivity contribution < 1.29 is 34.6 Å². The van der Waals surface area contributed by atoms with Crippen molar-refractivity contribution in [3.8, 4) is 0 Å². The Morgan fingerprint density at radius 3 is 1.73 bits per heavy atom. The van der Waals surface area contributed by atoms with Gasteiger partial charge in [-0.1, -0.05) is 65.7 Å². The zero-order chi connectivity index (χ0) is 44.3. The molecule has 0 saturated heterocycles. The molecule has 1 aliphatic carbocycles. The molecule has 0 heterocycles. The fourth-order valence-corrected chi connectivity index (χ4v) is 9.69. The number of hydrogen-bond acceptors (Lipinski definition) is 6. The molecule has 0 atom stereocenters. The molecule has 0 radical (unpaired) electrons. The van der Waals surface area contributed by atoms with Gasteiger partial charge in [-0.15, -0.1) is 0 Å². The SMILES string of the molecule is CCNc1ccc(C(=C2C=CC(=[N+](C)c3c(C)cc(C)cc3C)C=C2)c2ccc(N(C)c3c(C)cc(C)cc3C)cc2)c2ccccc12.CS(=O)(=O)[N-]S(=O)(=O)C(F)(F)F. The molecule has 0 amide bonds. The van der Waals surface area contributed by atoms with Crippen LogP contribution in [0.25, 0.3) is 20.5 Å². The molecule has 316 valence electrons. The number of alkyl halides is 3. The minimum absolute atomic E-state index is 0.246. The first-order valence-electron chi connectivity index (χ1n) is 19.3. The van der Waals surface area contributed by atoms with Crippen LogP contribution in [0.2, 0.25) is 0 Å². The second-order valence-corrected chi connectivity index (χ2v) is 18.5. The number of fused-ring (bicyclic) bond motifs is 1. The van der Waals surface area contributed by atoms with Crippen LogP contribution < -0.4 is 10.2 Å². The van der Waals surface area contributed by atoms with Crippen molar-refractivity contribution in [3.63, 3.8) is 0 Å². The van der Waals surface area contributed by atoms with E-state index in [9.17, 15) is 30.0 Å². The third kappa shape index (κ3) is 10.3. The number of anilines is 3. The zero-order valence-corrected chi connectivity index (χ0v) is 37.2. The summed E-state index contributed by atoms with van der Waals surface area (Å²) in [6.07, 6.45) is 9.33. The van der Waals surface area contributed by atoms with E-state index in [1.807, 2.05) is 0 Å². The molecule has 0 aliphatic heterocycles. The maximum atomic E-state index is 11.4. The van der Waals surface area contributed by atoms with Crippen LogP contribution in [0.1, 0.15) is 51.4 Å². The van der Waals surface area contributed by atoms with E-state index in [-0.39, 0.29) is 6.26 Å². The van der Waals surface area contributed by atoms with Crippen molar-refractivity contribution in [1.29, 1.82) is 0 Å². The number of aryl methyl sites for hydroxylation is 6. The van der Waals surface area contributed by atoms with Crippen LogP contribution in [0, 0.1) is 41.5 Å². The Bertz CT molecular complexity index is 2740. The Balaban J connectivity index is 0.000000496. The maximum absolute atomic E-state index is 11.4. The molecule has 5 aromatic rings. The predicted octanol–water partition coefficient (Wildman–Crippen LogP) is 11.4. The lowest BCUT2D eigenvalue weighted by atomic mass is 9.87. The van der Waals surface area contributed by atoms with Crippen LogP contribution in [-0.4, -0.2) is 59.5 Å². The van der Waals surface area contributed by atoms with Crippen molar-refractivity contribution >= 4 is 64.9 Å². The molecule has 0 fully saturated rings. The summed E-state index contributed by atoms with van der Waals surface area (Å²) in [5.74, 6) is 0. The van der Waals surface area contributed by atoms with Crippen molar-refractivity contribution in [2.45, 2.75) is 54.0 Å². The van der Waals surface area contributed by atoms with E-state index in [1.165, 1.54) is 89.2 Å². The third-order valence-electron chi connectivity index (χ3n) is 10.1. The molecule has 60 heavy (non-hydrogen) atoms. The molecule has 0 aromatic heterocycles. The normalized spacial score (nSPS) is 12.9. The van der Waals surface area contributed by atoms with Gasteiger partial charge >= 0.3 is 5.51 Å². The number of sulfonamides is 2. The molecule has 0 saturated carbocycles. The summed E-state index contributed by atoms with van der Waals surface area (Å²) in [6.45, 7) is 16.2. The Kier molecular flexibility index (Phi) is 13.7. The van der Waals surface area contributed by atoms with Crippen molar-refractivity contribution in [2.24, 2.45) is 0 Å². The largest absolute Gasteiger partial charge is 0.480 e. The predicted molar refractivity (Wildman–Crippen MR) is 242 cm³/mol. The summed E-state index contributed by atoms with van der Waals surface area (Å²) in [7, 11) is -6.13. The summed E-state index contributed by atoms with van der Waals surface area (Å²) in [6, 6.07) is 31.4. The second-order valence-electron chi connectivity index (χ2n) is 15.0. The van der Waals surface area contributed by atoms with Crippen molar-refractivity contribution in [3.05, 3.63) is 163 Å². The van der Waals surface area contributed by atoms with E-state index >= 15 is 0 Å². The fraction of sp³-hybridized carbons (Fsp3) is 0.255. The molecule has 8 nitrogen and oxygen atoms in total. The quantitative estimate of drug-likeness (QED) is 0.148. The summed E-state index contributed by atoms with van der Waals surface area (Å²) in [5, 5.41) is 6.05. The van der Waals surface area contributed by atoms with Crippen LogP contribution in [0.3, 0.4) is 0 Å². The highest BCUT2D eigenvalue weighted by Crippen LogP contribution is 2.39. The van der Waals surface area contributed by atoms with E-state index in [0.29, 0.717) is 0 Å². The first-order valence-corrected chi connectivity index (χ1v) is 22.5. The highest BCUT2D eigenvalue weighted by molar-refractivity contribution is 8.12. The summed E-state index contributed by atoms with van der Waals surface area (Å²) in [4.78, 5) is 2.31. The van der Waals surface area contributed by atoms with Gasteiger partial charge < -0.3 is 14.3 Å². The van der Waals surface area contributed by atoms with E-state index in [2.05, 4.69) is 187 Å². The van der Waals surface area contributed by atoms with Gasteiger partial charge in [-0.2, -0.15) is 17.7 Å². The van der Waals surface area contributed by atoms with Crippen LogP contribution in [0.15, 0.2) is 115 Å². The molecule has 0 bridgehead atoms. The van der Waals surface area contributed by atoms with Crippen molar-refractivity contribution in [2.75, 3.05) is 37.1 Å². The van der Waals surface area contributed by atoms with Gasteiger partial charge in [-0.05, 0) is 130 Å². The third-order valence-corrected chi connectivity index (χ3v) is 12.6. The lowest BCUT2D eigenvalue weighted by Gasteiger charge is -2.25. The lowest BCUT2D eigenvalue weighted by Crippen LogP contribution is -2.23. The number of halogens is 3. The van der Waals surface area contributed by atoms with Gasteiger partial charge in [-0.3, -0.25) is 0 Å². The highest BCUT2D eigenvalue weighted by atomic mass is 32.3. The molecular weight excluding hydrogens is 806 g/mol. The van der Waals surface area contributed by atoms with Gasteiger partial charge in [-0.25, -0.2) is 16.8 Å². The van der Waals surface area contributed by atoms with E-state index in [0.717, 1.165) is 12.2 Å². The Labute approximate surface area is 352 Å². The Morgan fingerprint density at radius 1 is 0.733 bits per heavy atom. The van der Waals surface area contributed by atoms with E-state index < -0.39 is 25.6 Å². The minimum Gasteiger partial charge on any atom is -0.429 e. The summed E-state index contributed by atoms with van der Waals surface area (Å²) in [5.41, 5.74) is 13.0. The Morgan fingerprint density at radius 2 is 1.25 bits per heavy atom. The first-order chi connectivity index (χ1) is 28.0. The van der Waals surface area contributed by atoms with Gasteiger partial charge in [0, 0.05) is 65.6 Å². The zero-order valence-electron chi connectivity index (χ0n) is 35.5. The molecular formula is C47H51F3N4O4S2. The molecule has 1 aliphatic rings. The number of nitrogens with zero attached hydrogens (tertiary/aromatic N) is 3. The molecule has 0 unspecified atom stereocenters. The number of allylic oxidation sites excluding steroid dienone is 5. The molecule has 13 heteroatoms. The second kappa shape index (κ2) is 18.0. The number of nitrogens with one attached hydrogen (secondary N) is 1. The van der Waals surface area contributed by atoms with Crippen LogP contribution >= 0.6 is 0 Å². The highest BCUT2D eigenvalue weighted by Gasteiger charge is 2.40. The van der Waals surface area contributed by atoms with Crippen LogP contribution in [-0.2, 0) is 20.0 Å². The van der Waals surface area contributed by atoms with Crippen molar-refractivity contribution in [1.82, 2.24) is 0 Å². The number of rotatable bonds is 9. The van der Waals surface area contributed by atoms with Gasteiger partial charge in [0.05, 0.1) is 10.0 Å². The topological polar surface area (TPSA) is 101 Å². The molecule has 6 rings (SSSR count). The average molecular weight is 857 g/mol. The average Bonchev–Trinajstić information content (AvgIpc) is 3.14. The molecule has 1 N–H and O–H groups in total. The molecule has 5 aromatic carbocycles. The van der Waals surface area contributed by atoms with Gasteiger partial charge in [0.25, 0.3) is 0 Å². The van der Waals surface area contributed by atoms with Gasteiger partial charge in [0.15, 0.2) is 10.0 Å². The molecule has 0 spiro atoms. The summed E-state index contributed by atoms with van der Waals surface area (Å²) < 4.78 is 78.3. The maximum Gasteiger partial charge on any atom is 0.480 e. The van der Waals surface area contributed by atoms with Crippen LogP contribution in [0.4, 0.5) is 35.9 Å². The minimum atomic E-state index is -5.92. The fourth-order valence-electron chi connectivity index (χ4n) is 7.92. The van der Waals surface area contributed by atoms with Gasteiger partial charge in [0.2, 0.25) is 11.4 Å². The Hall–Kier alpha value is -5.50. The first kappa shape index (κ1) is 45.6. The van der Waals surface area contributed by atoms with E-state index in [4.69, 9.17) is 0 Å². The van der Waals surface area contributed by atoms with Gasteiger partial charge in [0.1, 0.15) is 7.05 Å². The monoisotopic (exact) mass is 856 g/mol. The summed E-state index contributed by atoms with van der Waals surface area (Å²) >= 11 is 0. The lowest BCUT2D eigenvalue weighted by molar-refractivity contribution is -0.404. The smallest absolute Gasteiger partial charge is 0.429 e. The standard InChI is InChI=1S/C45H47N3.C2H3F3NO4S2/c1-10-46-42-24-23-41(39-13-11-12-14-40(39)42)43(35-15-19-37(20-16-35)47(8)44-31(4)25-29(2)26-32(44)5)36-17-21-38(22-18-36)48(9)45-33(6)27-30(3)28-34(45)7;1-11(7,8)6-12(9,10)2(3,4)5/h11-28H,10H2,1-9H3;1H3/q;-1/p+1. The van der Waals surface area contributed by atoms with E-state index in [1.54, 1.807) is 4.13 Å². The number of hydrogen-bond donors (Lipinski definition) is 1. The number of benzene rings is 5.